The number of hydrogen-bond donors (Lipinski definition) is 1. The molecule has 1 aliphatic heterocycles. The minimum Gasteiger partial charge on any atom is -0.354 e. The van der Waals surface area contributed by atoms with Gasteiger partial charge in [0.25, 0.3) is 0 Å². The molecule has 0 bridgehead atoms. The molecule has 3 rings (SSSR count). The van der Waals surface area contributed by atoms with Crippen molar-refractivity contribution in [3.63, 3.8) is 0 Å². The first-order valence-electron chi connectivity index (χ1n) is 8.11. The first-order chi connectivity index (χ1) is 12.2. The molecule has 1 aliphatic rings. The largest absolute Gasteiger partial charge is 0.354 e. The molecule has 0 aliphatic carbocycles. The molecular formula is C17H19Cl2N5O. The number of rotatable bonds is 6. The maximum absolute atomic E-state index is 10.8. The Balaban J connectivity index is 1.56. The van der Waals surface area contributed by atoms with Gasteiger partial charge in [0.1, 0.15) is 5.82 Å². The Morgan fingerprint density at radius 3 is 2.68 bits per heavy atom. The standard InChI is InChI=1S/C17H19Cl2N5O/c18-14-2-1-13(15(19)11-14)3-5-20-17-21-6-4-16(22-17)24-9-7-23(12-25)8-10-24/h1-2,4,6,11-12H,3,5,7-10H2,(H,20,21,22). The highest BCUT2D eigenvalue weighted by Crippen LogP contribution is 2.21. The monoisotopic (exact) mass is 379 g/mol. The van der Waals surface area contributed by atoms with Gasteiger partial charge in [0.2, 0.25) is 12.4 Å². The number of aromatic nitrogens is 2. The molecule has 1 aromatic carbocycles. The predicted molar refractivity (Wildman–Crippen MR) is 101 cm³/mol. The lowest BCUT2D eigenvalue weighted by molar-refractivity contribution is -0.118. The summed E-state index contributed by atoms with van der Waals surface area (Å²) < 4.78 is 0. The van der Waals surface area contributed by atoms with Gasteiger partial charge in [-0.2, -0.15) is 4.98 Å². The summed E-state index contributed by atoms with van der Waals surface area (Å²) in [6, 6.07) is 7.39. The van der Waals surface area contributed by atoms with Gasteiger partial charge < -0.3 is 15.1 Å². The third kappa shape index (κ3) is 4.74. The Hall–Kier alpha value is -2.05. The molecule has 1 aromatic heterocycles. The second-order valence-electron chi connectivity index (χ2n) is 5.78. The fourth-order valence-corrected chi connectivity index (χ4v) is 3.20. The maximum Gasteiger partial charge on any atom is 0.224 e. The zero-order valence-electron chi connectivity index (χ0n) is 13.7. The van der Waals surface area contributed by atoms with E-state index >= 15 is 0 Å². The molecule has 0 spiro atoms. The van der Waals surface area contributed by atoms with Gasteiger partial charge in [0, 0.05) is 49.0 Å². The number of carbonyl (C=O) groups is 1. The molecule has 8 heteroatoms. The summed E-state index contributed by atoms with van der Waals surface area (Å²) in [6.07, 6.45) is 3.39. The van der Waals surface area contributed by atoms with Crippen LogP contribution in [0.1, 0.15) is 5.56 Å². The third-order valence-electron chi connectivity index (χ3n) is 4.12. The van der Waals surface area contributed by atoms with Crippen LogP contribution < -0.4 is 10.2 Å². The molecule has 2 aromatic rings. The molecule has 1 fully saturated rings. The number of piperazine rings is 1. The van der Waals surface area contributed by atoms with Gasteiger partial charge >= 0.3 is 0 Å². The third-order valence-corrected chi connectivity index (χ3v) is 4.71. The fourth-order valence-electron chi connectivity index (χ4n) is 2.70. The Morgan fingerprint density at radius 1 is 1.16 bits per heavy atom. The van der Waals surface area contributed by atoms with Gasteiger partial charge in [0.15, 0.2) is 0 Å². The van der Waals surface area contributed by atoms with Crippen LogP contribution >= 0.6 is 23.2 Å². The maximum atomic E-state index is 10.8. The highest BCUT2D eigenvalue weighted by molar-refractivity contribution is 6.35. The summed E-state index contributed by atoms with van der Waals surface area (Å²) in [7, 11) is 0. The summed E-state index contributed by atoms with van der Waals surface area (Å²) >= 11 is 12.1. The molecule has 0 unspecified atom stereocenters. The van der Waals surface area contributed by atoms with Crippen molar-refractivity contribution in [2.45, 2.75) is 6.42 Å². The summed E-state index contributed by atoms with van der Waals surface area (Å²) in [6.45, 7) is 3.64. The van der Waals surface area contributed by atoms with Gasteiger partial charge in [-0.1, -0.05) is 29.3 Å². The van der Waals surface area contributed by atoms with Crippen LogP contribution in [0.3, 0.4) is 0 Å². The minimum absolute atomic E-state index is 0.584. The van der Waals surface area contributed by atoms with Crippen LogP contribution in [-0.2, 0) is 11.2 Å². The average Bonchev–Trinajstić information content (AvgIpc) is 2.64. The van der Waals surface area contributed by atoms with E-state index in [-0.39, 0.29) is 0 Å². The molecule has 1 amide bonds. The molecule has 25 heavy (non-hydrogen) atoms. The predicted octanol–water partition coefficient (Wildman–Crippen LogP) is 2.72. The molecule has 2 heterocycles. The number of hydrogen-bond acceptors (Lipinski definition) is 5. The van der Waals surface area contributed by atoms with E-state index in [9.17, 15) is 4.79 Å². The van der Waals surface area contributed by atoms with Gasteiger partial charge in [0.05, 0.1) is 0 Å². The van der Waals surface area contributed by atoms with Crippen molar-refractivity contribution in [1.82, 2.24) is 14.9 Å². The van der Waals surface area contributed by atoms with Crippen molar-refractivity contribution >= 4 is 41.4 Å². The van der Waals surface area contributed by atoms with E-state index in [1.165, 1.54) is 0 Å². The molecule has 0 saturated carbocycles. The zero-order valence-corrected chi connectivity index (χ0v) is 15.2. The van der Waals surface area contributed by atoms with E-state index < -0.39 is 0 Å². The summed E-state index contributed by atoms with van der Waals surface area (Å²) in [5, 5.41) is 4.52. The molecular weight excluding hydrogens is 361 g/mol. The van der Waals surface area contributed by atoms with Crippen LogP contribution in [0.2, 0.25) is 10.0 Å². The number of benzene rings is 1. The Kier molecular flexibility index (Phi) is 5.94. The number of nitrogens with zero attached hydrogens (tertiary/aromatic N) is 4. The molecule has 6 nitrogen and oxygen atoms in total. The lowest BCUT2D eigenvalue weighted by Crippen LogP contribution is -2.46. The quantitative estimate of drug-likeness (QED) is 0.781. The SMILES string of the molecule is O=CN1CCN(c2ccnc(NCCc3ccc(Cl)cc3Cl)n2)CC1. The van der Waals surface area contributed by atoms with Gasteiger partial charge in [-0.05, 0) is 30.2 Å². The smallest absolute Gasteiger partial charge is 0.224 e. The lowest BCUT2D eigenvalue weighted by Gasteiger charge is -2.33. The number of nitrogens with one attached hydrogen (secondary N) is 1. The van der Waals surface area contributed by atoms with Gasteiger partial charge in [-0.3, -0.25) is 4.79 Å². The van der Waals surface area contributed by atoms with Crippen LogP contribution in [-0.4, -0.2) is 54.0 Å². The van der Waals surface area contributed by atoms with E-state index in [2.05, 4.69) is 20.2 Å². The van der Waals surface area contributed by atoms with Crippen LogP contribution in [0.15, 0.2) is 30.5 Å². The van der Waals surface area contributed by atoms with Crippen molar-refractivity contribution in [3.8, 4) is 0 Å². The van der Waals surface area contributed by atoms with Crippen LogP contribution in [0.5, 0.6) is 0 Å². The summed E-state index contributed by atoms with van der Waals surface area (Å²) in [5.41, 5.74) is 1.03. The van der Waals surface area contributed by atoms with Crippen molar-refractivity contribution in [3.05, 3.63) is 46.1 Å². The van der Waals surface area contributed by atoms with Crippen LogP contribution in [0, 0.1) is 0 Å². The van der Waals surface area contributed by atoms with Crippen molar-refractivity contribution in [2.24, 2.45) is 0 Å². The summed E-state index contributed by atoms with van der Waals surface area (Å²) in [5.74, 6) is 1.45. The average molecular weight is 380 g/mol. The Labute approximate surface area is 156 Å². The number of amides is 1. The number of carbonyl (C=O) groups excluding carboxylic acids is 1. The van der Waals surface area contributed by atoms with Crippen molar-refractivity contribution < 1.29 is 4.79 Å². The van der Waals surface area contributed by atoms with E-state index in [0.717, 1.165) is 37.3 Å². The fraction of sp³-hybridized carbons (Fsp3) is 0.353. The number of anilines is 2. The first-order valence-corrected chi connectivity index (χ1v) is 8.86. The molecule has 1 saturated heterocycles. The highest BCUT2D eigenvalue weighted by atomic mass is 35.5. The normalized spacial score (nSPS) is 14.5. The van der Waals surface area contributed by atoms with E-state index in [1.807, 2.05) is 18.2 Å². The van der Waals surface area contributed by atoms with E-state index in [1.54, 1.807) is 17.2 Å². The van der Waals surface area contributed by atoms with E-state index in [4.69, 9.17) is 23.2 Å². The van der Waals surface area contributed by atoms with Crippen molar-refractivity contribution in [2.75, 3.05) is 42.9 Å². The van der Waals surface area contributed by atoms with Crippen molar-refractivity contribution in [1.29, 1.82) is 0 Å². The molecule has 132 valence electrons. The minimum atomic E-state index is 0.584. The lowest BCUT2D eigenvalue weighted by atomic mass is 10.1. The zero-order chi connectivity index (χ0) is 17.6. The van der Waals surface area contributed by atoms with Crippen LogP contribution in [0.4, 0.5) is 11.8 Å². The second-order valence-corrected chi connectivity index (χ2v) is 6.62. The van der Waals surface area contributed by atoms with Gasteiger partial charge in [-0.25, -0.2) is 4.98 Å². The summed E-state index contributed by atoms with van der Waals surface area (Å²) in [4.78, 5) is 23.5. The van der Waals surface area contributed by atoms with Gasteiger partial charge in [-0.15, -0.1) is 0 Å². The Morgan fingerprint density at radius 2 is 1.96 bits per heavy atom. The highest BCUT2D eigenvalue weighted by Gasteiger charge is 2.17. The van der Waals surface area contributed by atoms with E-state index in [0.29, 0.717) is 35.6 Å². The molecule has 0 radical (unpaired) electrons. The Bertz CT molecular complexity index is 735. The topological polar surface area (TPSA) is 61.4 Å². The second kappa shape index (κ2) is 8.36. The molecule has 1 N–H and O–H groups in total. The van der Waals surface area contributed by atoms with Crippen LogP contribution in [0.25, 0.3) is 0 Å². The number of halogens is 2. The first kappa shape index (κ1) is 17.8. The molecule has 0 atom stereocenters.